The number of carbonyl (C=O) groups is 1. The fourth-order valence-electron chi connectivity index (χ4n) is 1.53. The fourth-order valence-corrected chi connectivity index (χ4v) is 2.25. The molecule has 0 saturated heterocycles. The van der Waals surface area contributed by atoms with Gasteiger partial charge in [-0.05, 0) is 25.0 Å². The molecule has 1 aliphatic rings. The van der Waals surface area contributed by atoms with Crippen LogP contribution in [-0.2, 0) is 4.79 Å². The van der Waals surface area contributed by atoms with Gasteiger partial charge in [0.2, 0.25) is 5.91 Å². The molecule has 2 heterocycles. The maximum Gasteiger partial charge on any atom is 0.229 e. The zero-order valence-electron chi connectivity index (χ0n) is 9.09. The molecular formula is C12H11N3OS. The number of carbonyl (C=O) groups excluding carboxylic acids is 1. The number of hydrogen-bond donors (Lipinski definition) is 1. The average Bonchev–Trinajstić information content (AvgIpc) is 3.12. The third-order valence-electron chi connectivity index (χ3n) is 2.64. The van der Waals surface area contributed by atoms with Crippen molar-refractivity contribution in [1.82, 2.24) is 9.97 Å². The number of anilines is 1. The Morgan fingerprint density at radius 3 is 3.06 bits per heavy atom. The van der Waals surface area contributed by atoms with Gasteiger partial charge in [0.15, 0.2) is 5.13 Å². The van der Waals surface area contributed by atoms with Gasteiger partial charge < -0.3 is 5.32 Å². The lowest BCUT2D eigenvalue weighted by molar-refractivity contribution is -0.117. The second-order valence-electron chi connectivity index (χ2n) is 4.04. The summed E-state index contributed by atoms with van der Waals surface area (Å²) in [5.74, 6) is 0.304. The highest BCUT2D eigenvalue weighted by molar-refractivity contribution is 7.14. The molecule has 0 aromatic carbocycles. The lowest BCUT2D eigenvalue weighted by atomic mass is 10.2. The first-order chi connectivity index (χ1) is 8.33. The van der Waals surface area contributed by atoms with Gasteiger partial charge >= 0.3 is 0 Å². The Morgan fingerprint density at radius 2 is 2.35 bits per heavy atom. The predicted molar refractivity (Wildman–Crippen MR) is 66.7 cm³/mol. The van der Waals surface area contributed by atoms with Gasteiger partial charge in [0.1, 0.15) is 0 Å². The van der Waals surface area contributed by atoms with Crippen molar-refractivity contribution >= 4 is 22.4 Å². The first-order valence-electron chi connectivity index (χ1n) is 5.50. The van der Waals surface area contributed by atoms with Crippen LogP contribution >= 0.6 is 11.3 Å². The van der Waals surface area contributed by atoms with E-state index >= 15 is 0 Å². The second kappa shape index (κ2) is 4.25. The number of amides is 1. The summed E-state index contributed by atoms with van der Waals surface area (Å²) in [7, 11) is 0. The molecule has 3 rings (SSSR count). The molecule has 0 aliphatic heterocycles. The molecule has 0 bridgehead atoms. The van der Waals surface area contributed by atoms with E-state index in [0.29, 0.717) is 5.13 Å². The largest absolute Gasteiger partial charge is 0.302 e. The Labute approximate surface area is 103 Å². The van der Waals surface area contributed by atoms with Gasteiger partial charge in [-0.15, -0.1) is 11.3 Å². The molecule has 1 saturated carbocycles. The van der Waals surface area contributed by atoms with E-state index in [9.17, 15) is 4.79 Å². The maximum absolute atomic E-state index is 11.6. The molecule has 0 atom stereocenters. The summed E-state index contributed by atoms with van der Waals surface area (Å²) in [5.41, 5.74) is 1.82. The highest BCUT2D eigenvalue weighted by Gasteiger charge is 2.30. The van der Waals surface area contributed by atoms with E-state index in [2.05, 4.69) is 15.3 Å². The smallest absolute Gasteiger partial charge is 0.229 e. The number of aromatic nitrogens is 2. The van der Waals surface area contributed by atoms with Crippen LogP contribution in [0.25, 0.3) is 11.3 Å². The number of rotatable bonds is 3. The molecule has 2 aromatic rings. The molecule has 1 aliphatic carbocycles. The van der Waals surface area contributed by atoms with Gasteiger partial charge in [-0.3, -0.25) is 9.78 Å². The van der Waals surface area contributed by atoms with Crippen molar-refractivity contribution in [3.8, 4) is 11.3 Å². The standard InChI is InChI=1S/C12H11N3OS/c16-11(8-3-4-8)15-12-14-10(7-17-12)9-2-1-5-13-6-9/h1-2,5-8H,3-4H2,(H,14,15,16). The van der Waals surface area contributed by atoms with Crippen LogP contribution in [-0.4, -0.2) is 15.9 Å². The Morgan fingerprint density at radius 1 is 1.47 bits per heavy atom. The second-order valence-corrected chi connectivity index (χ2v) is 4.90. The van der Waals surface area contributed by atoms with Crippen LogP contribution in [0.15, 0.2) is 29.9 Å². The van der Waals surface area contributed by atoms with Crippen LogP contribution < -0.4 is 5.32 Å². The number of hydrogen-bond acceptors (Lipinski definition) is 4. The zero-order valence-corrected chi connectivity index (χ0v) is 9.91. The van der Waals surface area contributed by atoms with E-state index in [1.807, 2.05) is 17.5 Å². The lowest BCUT2D eigenvalue weighted by Gasteiger charge is -1.98. The lowest BCUT2D eigenvalue weighted by Crippen LogP contribution is -2.12. The van der Waals surface area contributed by atoms with E-state index in [0.717, 1.165) is 24.1 Å². The monoisotopic (exact) mass is 245 g/mol. The Kier molecular flexibility index (Phi) is 2.60. The Hall–Kier alpha value is -1.75. The van der Waals surface area contributed by atoms with E-state index in [1.165, 1.54) is 11.3 Å². The SMILES string of the molecule is O=C(Nc1nc(-c2cccnc2)cs1)C1CC1. The van der Waals surface area contributed by atoms with Gasteiger partial charge in [0, 0.05) is 29.3 Å². The van der Waals surface area contributed by atoms with Crippen molar-refractivity contribution in [2.45, 2.75) is 12.8 Å². The number of pyridine rings is 1. The third-order valence-corrected chi connectivity index (χ3v) is 3.40. The molecule has 0 spiro atoms. The first kappa shape index (κ1) is 10.4. The van der Waals surface area contributed by atoms with E-state index < -0.39 is 0 Å². The summed E-state index contributed by atoms with van der Waals surface area (Å²) in [5, 5.41) is 5.44. The quantitative estimate of drug-likeness (QED) is 0.904. The summed E-state index contributed by atoms with van der Waals surface area (Å²) in [6.45, 7) is 0. The van der Waals surface area contributed by atoms with Gasteiger partial charge in [-0.25, -0.2) is 4.98 Å². The minimum atomic E-state index is 0.0945. The van der Waals surface area contributed by atoms with Crippen LogP contribution in [0.4, 0.5) is 5.13 Å². The zero-order chi connectivity index (χ0) is 11.7. The molecule has 0 unspecified atom stereocenters. The molecule has 17 heavy (non-hydrogen) atoms. The summed E-state index contributed by atoms with van der Waals surface area (Å²) in [6.07, 6.45) is 5.51. The van der Waals surface area contributed by atoms with Crippen molar-refractivity contribution in [2.24, 2.45) is 5.92 Å². The van der Waals surface area contributed by atoms with E-state index in [1.54, 1.807) is 12.4 Å². The van der Waals surface area contributed by atoms with Gasteiger partial charge in [0.05, 0.1) is 5.69 Å². The predicted octanol–water partition coefficient (Wildman–Crippen LogP) is 2.55. The molecule has 1 N–H and O–H groups in total. The molecule has 1 fully saturated rings. The van der Waals surface area contributed by atoms with Crippen molar-refractivity contribution < 1.29 is 4.79 Å². The molecule has 4 nitrogen and oxygen atoms in total. The minimum absolute atomic E-state index is 0.0945. The Balaban J connectivity index is 1.76. The summed E-state index contributed by atoms with van der Waals surface area (Å²) in [4.78, 5) is 20.0. The molecule has 1 amide bonds. The summed E-state index contributed by atoms with van der Waals surface area (Å²) < 4.78 is 0. The Bertz CT molecular complexity index is 534. The van der Waals surface area contributed by atoms with Gasteiger partial charge in [0.25, 0.3) is 0 Å². The van der Waals surface area contributed by atoms with Crippen LogP contribution in [0.2, 0.25) is 0 Å². The van der Waals surface area contributed by atoms with Crippen LogP contribution in [0.5, 0.6) is 0 Å². The van der Waals surface area contributed by atoms with Crippen molar-refractivity contribution in [3.63, 3.8) is 0 Å². The van der Waals surface area contributed by atoms with Gasteiger partial charge in [-0.1, -0.05) is 0 Å². The molecule has 0 radical (unpaired) electrons. The van der Waals surface area contributed by atoms with Crippen LogP contribution in [0.1, 0.15) is 12.8 Å². The number of nitrogens with zero attached hydrogens (tertiary/aromatic N) is 2. The number of nitrogens with one attached hydrogen (secondary N) is 1. The minimum Gasteiger partial charge on any atom is -0.302 e. The average molecular weight is 245 g/mol. The third kappa shape index (κ3) is 2.34. The molecule has 86 valence electrons. The van der Waals surface area contributed by atoms with Crippen LogP contribution in [0, 0.1) is 5.92 Å². The highest BCUT2D eigenvalue weighted by atomic mass is 32.1. The van der Waals surface area contributed by atoms with Crippen LogP contribution in [0.3, 0.4) is 0 Å². The molecular weight excluding hydrogens is 234 g/mol. The van der Waals surface area contributed by atoms with E-state index in [4.69, 9.17) is 0 Å². The topological polar surface area (TPSA) is 54.9 Å². The maximum atomic E-state index is 11.6. The fraction of sp³-hybridized carbons (Fsp3) is 0.250. The highest BCUT2D eigenvalue weighted by Crippen LogP contribution is 2.31. The molecule has 5 heteroatoms. The summed E-state index contributed by atoms with van der Waals surface area (Å²) >= 11 is 1.45. The van der Waals surface area contributed by atoms with Crippen molar-refractivity contribution in [3.05, 3.63) is 29.9 Å². The van der Waals surface area contributed by atoms with Gasteiger partial charge in [-0.2, -0.15) is 0 Å². The normalized spacial score (nSPS) is 14.6. The first-order valence-corrected chi connectivity index (χ1v) is 6.38. The van der Waals surface area contributed by atoms with Crippen molar-refractivity contribution in [2.75, 3.05) is 5.32 Å². The van der Waals surface area contributed by atoms with E-state index in [-0.39, 0.29) is 11.8 Å². The van der Waals surface area contributed by atoms with Crippen molar-refractivity contribution in [1.29, 1.82) is 0 Å². The molecule has 2 aromatic heterocycles. The summed E-state index contributed by atoms with van der Waals surface area (Å²) in [6, 6.07) is 3.83. The number of thiazole rings is 1.